The number of aliphatic hydroxyl groups excluding tert-OH is 1. The molecule has 0 aromatic heterocycles. The largest absolute Gasteiger partial charge is 0.395 e. The summed E-state index contributed by atoms with van der Waals surface area (Å²) in [5, 5.41) is 9.71. The van der Waals surface area contributed by atoms with E-state index in [0.29, 0.717) is 10.6 Å². The summed E-state index contributed by atoms with van der Waals surface area (Å²) in [6.45, 7) is -0.0500. The normalized spacial score (nSPS) is 14.4. The molecule has 1 aliphatic rings. The van der Waals surface area contributed by atoms with E-state index in [4.69, 9.17) is 11.6 Å². The van der Waals surface area contributed by atoms with E-state index >= 15 is 0 Å². The molecule has 134 valence electrons. The first-order valence-electron chi connectivity index (χ1n) is 7.91. The summed E-state index contributed by atoms with van der Waals surface area (Å²) in [4.78, 5) is 28.3. The second-order valence-corrected chi connectivity index (χ2v) is 6.21. The van der Waals surface area contributed by atoms with Crippen LogP contribution in [0.15, 0.2) is 54.2 Å². The van der Waals surface area contributed by atoms with Gasteiger partial charge in [0.25, 0.3) is 11.8 Å². The fraction of sp³-hybridized carbons (Fsp3) is 0.158. The SMILES string of the molecule is CN(CCO)C1=C(c2ccc(Cl)cc2)C(=O)N(c2ccccc2F)C1=O. The summed E-state index contributed by atoms with van der Waals surface area (Å²) in [5.74, 6) is -1.93. The van der Waals surface area contributed by atoms with Crippen LogP contribution in [-0.2, 0) is 9.59 Å². The standard InChI is InChI=1S/C19H16ClFN2O3/c1-22(10-11-24)17-16(12-6-8-13(20)9-7-12)18(25)23(19(17)26)15-5-3-2-4-14(15)21/h2-9,24H,10-11H2,1H3. The highest BCUT2D eigenvalue weighted by molar-refractivity contribution is 6.45. The molecular formula is C19H16ClFN2O3. The summed E-state index contributed by atoms with van der Waals surface area (Å²) in [6.07, 6.45) is 0. The van der Waals surface area contributed by atoms with Crippen molar-refractivity contribution in [2.75, 3.05) is 25.1 Å². The monoisotopic (exact) mass is 374 g/mol. The molecule has 26 heavy (non-hydrogen) atoms. The first-order chi connectivity index (χ1) is 12.5. The van der Waals surface area contributed by atoms with Crippen molar-refractivity contribution in [3.63, 3.8) is 0 Å². The lowest BCUT2D eigenvalue weighted by Crippen LogP contribution is -2.35. The van der Waals surface area contributed by atoms with Gasteiger partial charge >= 0.3 is 0 Å². The van der Waals surface area contributed by atoms with Gasteiger partial charge in [0.15, 0.2) is 0 Å². The van der Waals surface area contributed by atoms with Gasteiger partial charge in [0.2, 0.25) is 0 Å². The quantitative estimate of drug-likeness (QED) is 0.817. The molecule has 0 saturated heterocycles. The van der Waals surface area contributed by atoms with E-state index in [1.54, 1.807) is 37.4 Å². The summed E-state index contributed by atoms with van der Waals surface area (Å²) < 4.78 is 14.2. The molecule has 0 fully saturated rings. The molecule has 2 aromatic rings. The van der Waals surface area contributed by atoms with E-state index in [9.17, 15) is 19.1 Å². The Balaban J connectivity index is 2.15. The van der Waals surface area contributed by atoms with Gasteiger partial charge in [-0.25, -0.2) is 9.29 Å². The number of benzene rings is 2. The molecule has 2 aromatic carbocycles. The zero-order chi connectivity index (χ0) is 18.8. The maximum atomic E-state index is 14.2. The minimum absolute atomic E-state index is 0.106. The molecule has 1 aliphatic heterocycles. The zero-order valence-corrected chi connectivity index (χ0v) is 14.7. The molecule has 2 amide bonds. The van der Waals surface area contributed by atoms with Crippen LogP contribution in [0.4, 0.5) is 10.1 Å². The van der Waals surface area contributed by atoms with Crippen molar-refractivity contribution in [3.05, 3.63) is 70.6 Å². The van der Waals surface area contributed by atoms with Crippen molar-refractivity contribution in [2.45, 2.75) is 0 Å². The number of aliphatic hydroxyl groups is 1. The van der Waals surface area contributed by atoms with Gasteiger partial charge in [0.05, 0.1) is 17.9 Å². The molecule has 0 bridgehead atoms. The van der Waals surface area contributed by atoms with E-state index < -0.39 is 17.6 Å². The Morgan fingerprint density at radius 3 is 2.35 bits per heavy atom. The van der Waals surface area contributed by atoms with Gasteiger partial charge in [-0.15, -0.1) is 0 Å². The van der Waals surface area contributed by atoms with Crippen LogP contribution < -0.4 is 4.90 Å². The van der Waals surface area contributed by atoms with Gasteiger partial charge in [-0.05, 0) is 29.8 Å². The molecule has 0 radical (unpaired) electrons. The third-order valence-corrected chi connectivity index (χ3v) is 4.35. The van der Waals surface area contributed by atoms with E-state index in [2.05, 4.69) is 0 Å². The van der Waals surface area contributed by atoms with Crippen molar-refractivity contribution in [1.82, 2.24) is 4.90 Å². The molecule has 0 saturated carbocycles. The van der Waals surface area contributed by atoms with Crippen molar-refractivity contribution in [3.8, 4) is 0 Å². The van der Waals surface area contributed by atoms with Crippen LogP contribution in [0.1, 0.15) is 5.56 Å². The Labute approximate surface area is 154 Å². The van der Waals surface area contributed by atoms with Crippen LogP contribution >= 0.6 is 11.6 Å². The van der Waals surface area contributed by atoms with E-state index in [1.165, 1.54) is 23.1 Å². The second-order valence-electron chi connectivity index (χ2n) is 5.77. The molecule has 1 N–H and O–H groups in total. The summed E-state index contributed by atoms with van der Waals surface area (Å²) in [5.41, 5.74) is 0.633. The van der Waals surface area contributed by atoms with Gasteiger partial charge < -0.3 is 10.0 Å². The third kappa shape index (κ3) is 3.09. The van der Waals surface area contributed by atoms with Crippen LogP contribution in [0, 0.1) is 5.82 Å². The van der Waals surface area contributed by atoms with Gasteiger partial charge in [-0.1, -0.05) is 35.9 Å². The molecular weight excluding hydrogens is 359 g/mol. The van der Waals surface area contributed by atoms with Crippen LogP contribution in [0.25, 0.3) is 5.57 Å². The molecule has 0 aliphatic carbocycles. The van der Waals surface area contributed by atoms with E-state index in [1.807, 2.05) is 0 Å². The molecule has 0 unspecified atom stereocenters. The maximum Gasteiger partial charge on any atom is 0.282 e. The smallest absolute Gasteiger partial charge is 0.282 e. The highest BCUT2D eigenvalue weighted by Gasteiger charge is 2.42. The lowest BCUT2D eigenvalue weighted by atomic mass is 10.0. The van der Waals surface area contributed by atoms with E-state index in [0.717, 1.165) is 4.90 Å². The summed E-state index contributed by atoms with van der Waals surface area (Å²) in [7, 11) is 1.59. The molecule has 0 atom stereocenters. The van der Waals surface area contributed by atoms with E-state index in [-0.39, 0.29) is 30.1 Å². The van der Waals surface area contributed by atoms with Gasteiger partial charge in [0, 0.05) is 18.6 Å². The Kier molecular flexibility index (Phi) is 5.06. The number of para-hydroxylation sites is 1. The van der Waals surface area contributed by atoms with Crippen molar-refractivity contribution >= 4 is 34.7 Å². The molecule has 3 rings (SSSR count). The highest BCUT2D eigenvalue weighted by atomic mass is 35.5. The number of anilines is 1. The Morgan fingerprint density at radius 1 is 1.08 bits per heavy atom. The Morgan fingerprint density at radius 2 is 1.73 bits per heavy atom. The highest BCUT2D eigenvalue weighted by Crippen LogP contribution is 2.35. The summed E-state index contributed by atoms with van der Waals surface area (Å²) >= 11 is 5.91. The predicted molar refractivity (Wildman–Crippen MR) is 97.0 cm³/mol. The lowest BCUT2D eigenvalue weighted by Gasteiger charge is -2.20. The number of carbonyl (C=O) groups excluding carboxylic acids is 2. The average molecular weight is 375 g/mol. The number of halogens is 2. The van der Waals surface area contributed by atoms with Crippen LogP contribution in [0.5, 0.6) is 0 Å². The number of imide groups is 1. The zero-order valence-electron chi connectivity index (χ0n) is 13.9. The predicted octanol–water partition coefficient (Wildman–Crippen LogP) is 2.69. The van der Waals surface area contributed by atoms with Crippen LogP contribution in [0.3, 0.4) is 0 Å². The van der Waals surface area contributed by atoms with Crippen molar-refractivity contribution in [2.24, 2.45) is 0 Å². The number of hydrogen-bond donors (Lipinski definition) is 1. The van der Waals surface area contributed by atoms with Crippen LogP contribution in [-0.4, -0.2) is 42.0 Å². The number of carbonyl (C=O) groups is 2. The molecule has 0 spiro atoms. The topological polar surface area (TPSA) is 60.9 Å². The fourth-order valence-corrected chi connectivity index (χ4v) is 2.99. The number of amides is 2. The summed E-state index contributed by atoms with van der Waals surface area (Å²) in [6, 6.07) is 12.1. The second kappa shape index (κ2) is 7.27. The number of likely N-dealkylation sites (N-methyl/N-ethyl adjacent to an activating group) is 1. The first kappa shape index (κ1) is 18.1. The minimum Gasteiger partial charge on any atom is -0.395 e. The first-order valence-corrected chi connectivity index (χ1v) is 8.29. The maximum absolute atomic E-state index is 14.2. The van der Waals surface area contributed by atoms with Crippen molar-refractivity contribution in [1.29, 1.82) is 0 Å². The van der Waals surface area contributed by atoms with Gasteiger partial charge in [-0.2, -0.15) is 0 Å². The number of nitrogens with zero attached hydrogens (tertiary/aromatic N) is 2. The van der Waals surface area contributed by atoms with Crippen molar-refractivity contribution < 1.29 is 19.1 Å². The lowest BCUT2D eigenvalue weighted by molar-refractivity contribution is -0.120. The van der Waals surface area contributed by atoms with Gasteiger partial charge in [0.1, 0.15) is 11.5 Å². The molecule has 5 nitrogen and oxygen atoms in total. The Hall–Kier alpha value is -2.70. The molecule has 1 heterocycles. The third-order valence-electron chi connectivity index (χ3n) is 4.10. The van der Waals surface area contributed by atoms with Gasteiger partial charge in [-0.3, -0.25) is 9.59 Å². The average Bonchev–Trinajstić information content (AvgIpc) is 2.87. The Bertz CT molecular complexity index is 896. The minimum atomic E-state index is -0.671. The number of hydrogen-bond acceptors (Lipinski definition) is 4. The molecule has 7 heteroatoms. The number of rotatable bonds is 5. The fourth-order valence-electron chi connectivity index (χ4n) is 2.86. The van der Waals surface area contributed by atoms with Crippen LogP contribution in [0.2, 0.25) is 5.02 Å².